The van der Waals surface area contributed by atoms with E-state index in [0.29, 0.717) is 19.6 Å². The first-order chi connectivity index (χ1) is 8.11. The number of amides is 1. The van der Waals surface area contributed by atoms with Crippen LogP contribution in [0.15, 0.2) is 18.2 Å². The van der Waals surface area contributed by atoms with Gasteiger partial charge in [0.2, 0.25) is 0 Å². The van der Waals surface area contributed by atoms with Crippen LogP contribution in [0, 0.1) is 0 Å². The predicted octanol–water partition coefficient (Wildman–Crippen LogP) is 0.339. The highest BCUT2D eigenvalue weighted by atomic mass is 16.4. The fourth-order valence-corrected chi connectivity index (χ4v) is 1.80. The number of hydrogen-bond donors (Lipinski definition) is 2. The van der Waals surface area contributed by atoms with Gasteiger partial charge < -0.3 is 20.6 Å². The molecule has 0 unspecified atom stereocenters. The van der Waals surface area contributed by atoms with Gasteiger partial charge in [0.05, 0.1) is 11.7 Å². The Kier molecular flexibility index (Phi) is 3.14. The second-order valence-electron chi connectivity index (χ2n) is 4.14. The van der Waals surface area contributed by atoms with Gasteiger partial charge in [0.15, 0.2) is 0 Å². The van der Waals surface area contributed by atoms with Crippen LogP contribution in [0.25, 0.3) is 0 Å². The first-order valence-electron chi connectivity index (χ1n) is 5.48. The van der Waals surface area contributed by atoms with Gasteiger partial charge in [-0.2, -0.15) is 0 Å². The minimum Gasteiger partial charge on any atom is -0.465 e. The van der Waals surface area contributed by atoms with E-state index in [0.717, 1.165) is 11.5 Å². The zero-order chi connectivity index (χ0) is 12.4. The van der Waals surface area contributed by atoms with Crippen molar-refractivity contribution in [2.45, 2.75) is 12.6 Å². The highest BCUT2D eigenvalue weighted by molar-refractivity contribution is 5.65. The molecule has 6 nitrogen and oxygen atoms in total. The van der Waals surface area contributed by atoms with Gasteiger partial charge in [0.25, 0.3) is 0 Å². The van der Waals surface area contributed by atoms with Gasteiger partial charge in [-0.05, 0) is 12.1 Å². The van der Waals surface area contributed by atoms with Crippen LogP contribution in [0.5, 0.6) is 0 Å². The van der Waals surface area contributed by atoms with E-state index < -0.39 is 6.09 Å². The SMILES string of the molecule is CN(C(=O)O)C1CN(c2cccc(CN)n2)C1. The van der Waals surface area contributed by atoms with E-state index in [2.05, 4.69) is 4.98 Å². The van der Waals surface area contributed by atoms with Gasteiger partial charge in [-0.15, -0.1) is 0 Å². The summed E-state index contributed by atoms with van der Waals surface area (Å²) in [7, 11) is 1.59. The van der Waals surface area contributed by atoms with Gasteiger partial charge in [0.1, 0.15) is 5.82 Å². The Morgan fingerprint density at radius 3 is 2.94 bits per heavy atom. The zero-order valence-corrected chi connectivity index (χ0v) is 9.71. The van der Waals surface area contributed by atoms with Gasteiger partial charge >= 0.3 is 6.09 Å². The van der Waals surface area contributed by atoms with E-state index in [1.165, 1.54) is 4.90 Å². The smallest absolute Gasteiger partial charge is 0.407 e. The average Bonchev–Trinajstić information content (AvgIpc) is 2.27. The normalized spacial score (nSPS) is 15.5. The van der Waals surface area contributed by atoms with Crippen molar-refractivity contribution in [3.8, 4) is 0 Å². The quantitative estimate of drug-likeness (QED) is 0.790. The highest BCUT2D eigenvalue weighted by Crippen LogP contribution is 2.21. The van der Waals surface area contributed by atoms with E-state index in [-0.39, 0.29) is 6.04 Å². The van der Waals surface area contributed by atoms with Crippen LogP contribution < -0.4 is 10.6 Å². The fraction of sp³-hybridized carbons (Fsp3) is 0.455. The van der Waals surface area contributed by atoms with E-state index >= 15 is 0 Å². The van der Waals surface area contributed by atoms with Crippen LogP contribution in [0.4, 0.5) is 10.6 Å². The summed E-state index contributed by atoms with van der Waals surface area (Å²) in [6, 6.07) is 5.76. The van der Waals surface area contributed by atoms with Gasteiger partial charge in [-0.25, -0.2) is 9.78 Å². The second kappa shape index (κ2) is 4.58. The van der Waals surface area contributed by atoms with Crippen LogP contribution in [-0.4, -0.2) is 47.3 Å². The zero-order valence-electron chi connectivity index (χ0n) is 9.71. The molecule has 0 bridgehead atoms. The molecule has 0 aliphatic carbocycles. The lowest BCUT2D eigenvalue weighted by Gasteiger charge is -2.43. The third kappa shape index (κ3) is 2.31. The Bertz CT molecular complexity index is 418. The van der Waals surface area contributed by atoms with Crippen molar-refractivity contribution in [1.82, 2.24) is 9.88 Å². The highest BCUT2D eigenvalue weighted by Gasteiger charge is 2.33. The number of carbonyl (C=O) groups is 1. The van der Waals surface area contributed by atoms with Crippen molar-refractivity contribution in [1.29, 1.82) is 0 Å². The Balaban J connectivity index is 1.97. The van der Waals surface area contributed by atoms with Crippen molar-refractivity contribution >= 4 is 11.9 Å². The molecule has 2 heterocycles. The maximum absolute atomic E-state index is 10.8. The lowest BCUT2D eigenvalue weighted by Crippen LogP contribution is -2.59. The molecule has 2 rings (SSSR count). The maximum atomic E-state index is 10.8. The Morgan fingerprint density at radius 1 is 1.65 bits per heavy atom. The monoisotopic (exact) mass is 236 g/mol. The third-order valence-electron chi connectivity index (χ3n) is 3.04. The molecule has 0 saturated carbocycles. The summed E-state index contributed by atoms with van der Waals surface area (Å²) in [5.74, 6) is 0.864. The molecule has 0 aromatic carbocycles. The van der Waals surface area contributed by atoms with Crippen LogP contribution in [-0.2, 0) is 6.54 Å². The molecular weight excluding hydrogens is 220 g/mol. The molecular formula is C11H16N4O2. The molecule has 17 heavy (non-hydrogen) atoms. The lowest BCUT2D eigenvalue weighted by molar-refractivity contribution is 0.129. The largest absolute Gasteiger partial charge is 0.465 e. The molecule has 3 N–H and O–H groups in total. The molecule has 1 fully saturated rings. The number of nitrogens with two attached hydrogens (primary N) is 1. The van der Waals surface area contributed by atoms with Gasteiger partial charge in [-0.1, -0.05) is 6.07 Å². The van der Waals surface area contributed by atoms with E-state index in [4.69, 9.17) is 10.8 Å². The van der Waals surface area contributed by atoms with Crippen molar-refractivity contribution in [3.05, 3.63) is 23.9 Å². The Morgan fingerprint density at radius 2 is 2.35 bits per heavy atom. The molecule has 6 heteroatoms. The summed E-state index contributed by atoms with van der Waals surface area (Å²) in [4.78, 5) is 18.5. The minimum absolute atomic E-state index is 0.0517. The number of nitrogens with zero attached hydrogens (tertiary/aromatic N) is 3. The number of carboxylic acid groups (broad SMARTS) is 1. The third-order valence-corrected chi connectivity index (χ3v) is 3.04. The predicted molar refractivity (Wildman–Crippen MR) is 63.9 cm³/mol. The molecule has 0 radical (unpaired) electrons. The number of rotatable bonds is 3. The molecule has 1 amide bonds. The summed E-state index contributed by atoms with van der Waals surface area (Å²) in [5.41, 5.74) is 6.37. The molecule has 1 saturated heterocycles. The number of anilines is 1. The minimum atomic E-state index is -0.890. The van der Waals surface area contributed by atoms with Gasteiger partial charge in [-0.3, -0.25) is 0 Å². The summed E-state index contributed by atoms with van der Waals surface area (Å²) >= 11 is 0. The number of likely N-dealkylation sites (N-methyl/N-ethyl adjacent to an activating group) is 1. The summed E-state index contributed by atoms with van der Waals surface area (Å²) in [6.07, 6.45) is -0.890. The van der Waals surface area contributed by atoms with Crippen molar-refractivity contribution in [2.75, 3.05) is 25.0 Å². The lowest BCUT2D eigenvalue weighted by atomic mass is 10.1. The van der Waals surface area contributed by atoms with Crippen LogP contribution >= 0.6 is 0 Å². The molecule has 1 aliphatic heterocycles. The molecule has 1 aromatic heterocycles. The van der Waals surface area contributed by atoms with E-state index in [1.807, 2.05) is 23.1 Å². The average molecular weight is 236 g/mol. The second-order valence-corrected chi connectivity index (χ2v) is 4.14. The fourth-order valence-electron chi connectivity index (χ4n) is 1.80. The van der Waals surface area contributed by atoms with Crippen LogP contribution in [0.1, 0.15) is 5.69 Å². The maximum Gasteiger partial charge on any atom is 0.407 e. The Labute approximate surface area is 99.7 Å². The van der Waals surface area contributed by atoms with Gasteiger partial charge in [0, 0.05) is 26.7 Å². The summed E-state index contributed by atoms with van der Waals surface area (Å²) < 4.78 is 0. The van der Waals surface area contributed by atoms with Crippen molar-refractivity contribution in [2.24, 2.45) is 5.73 Å². The van der Waals surface area contributed by atoms with Crippen molar-refractivity contribution < 1.29 is 9.90 Å². The first kappa shape index (κ1) is 11.7. The van der Waals surface area contributed by atoms with Crippen LogP contribution in [0.3, 0.4) is 0 Å². The van der Waals surface area contributed by atoms with Crippen LogP contribution in [0.2, 0.25) is 0 Å². The molecule has 0 spiro atoms. The molecule has 1 aromatic rings. The Hall–Kier alpha value is -1.82. The van der Waals surface area contributed by atoms with E-state index in [9.17, 15) is 4.79 Å². The topological polar surface area (TPSA) is 82.7 Å². The first-order valence-corrected chi connectivity index (χ1v) is 5.48. The molecule has 0 atom stereocenters. The van der Waals surface area contributed by atoms with E-state index in [1.54, 1.807) is 7.05 Å². The standard InChI is InChI=1S/C11H16N4O2/c1-14(11(16)17)9-6-15(7-9)10-4-2-3-8(5-12)13-10/h2-4,9H,5-7,12H2,1H3,(H,16,17). The summed E-state index contributed by atoms with van der Waals surface area (Å²) in [5, 5.41) is 8.83. The number of hydrogen-bond acceptors (Lipinski definition) is 4. The molecule has 1 aliphatic rings. The molecule has 92 valence electrons. The number of aromatic nitrogens is 1. The number of pyridine rings is 1. The summed E-state index contributed by atoms with van der Waals surface area (Å²) in [6.45, 7) is 1.79. The van der Waals surface area contributed by atoms with Crippen molar-refractivity contribution in [3.63, 3.8) is 0 Å².